The average Bonchev–Trinajstić information content (AvgIpc) is 3.44. The number of hydrogen-bond acceptors (Lipinski definition) is 4. The first kappa shape index (κ1) is 20.8. The first-order chi connectivity index (χ1) is 13.2. The van der Waals surface area contributed by atoms with Gasteiger partial charge in [-0.25, -0.2) is 13.1 Å². The number of hydrogen-bond donors (Lipinski definition) is 1. The number of ether oxygens (including phenoxy) is 1. The predicted molar refractivity (Wildman–Crippen MR) is 111 cm³/mol. The number of nitrogens with zero attached hydrogens (tertiary/aromatic N) is 1. The number of amides is 1. The highest BCUT2D eigenvalue weighted by atomic mass is 79.9. The van der Waals surface area contributed by atoms with Crippen LogP contribution in [0.3, 0.4) is 0 Å². The van der Waals surface area contributed by atoms with Gasteiger partial charge >= 0.3 is 0 Å². The van der Waals surface area contributed by atoms with E-state index in [1.807, 2.05) is 25.1 Å². The van der Waals surface area contributed by atoms with Crippen molar-refractivity contribution in [3.63, 3.8) is 0 Å². The minimum absolute atomic E-state index is 0.00394. The van der Waals surface area contributed by atoms with E-state index in [4.69, 9.17) is 4.74 Å². The summed E-state index contributed by atoms with van der Waals surface area (Å²) in [5, 5.41) is 0. The molecule has 0 radical (unpaired) electrons. The Morgan fingerprint density at radius 2 is 1.96 bits per heavy atom. The van der Waals surface area contributed by atoms with Crippen LogP contribution < -0.4 is 9.46 Å². The van der Waals surface area contributed by atoms with Crippen LogP contribution in [-0.2, 0) is 16.6 Å². The number of nitrogens with one attached hydrogen (secondary N) is 1. The van der Waals surface area contributed by atoms with Crippen molar-refractivity contribution >= 4 is 31.9 Å². The highest BCUT2D eigenvalue weighted by Crippen LogP contribution is 2.27. The van der Waals surface area contributed by atoms with Crippen LogP contribution in [0.5, 0.6) is 5.75 Å². The molecular weight excluding hydrogens is 444 g/mol. The van der Waals surface area contributed by atoms with Crippen LogP contribution in [0.25, 0.3) is 0 Å². The molecule has 0 spiro atoms. The molecule has 0 saturated heterocycles. The number of sulfonamides is 1. The monoisotopic (exact) mass is 466 g/mol. The Bertz CT molecular complexity index is 1000. The van der Waals surface area contributed by atoms with Crippen LogP contribution >= 0.6 is 15.9 Å². The molecule has 6 nitrogen and oxygen atoms in total. The van der Waals surface area contributed by atoms with Gasteiger partial charge in [0, 0.05) is 29.7 Å². The van der Waals surface area contributed by atoms with Crippen molar-refractivity contribution in [2.24, 2.45) is 0 Å². The summed E-state index contributed by atoms with van der Waals surface area (Å²) in [6, 6.07) is 10.3. The summed E-state index contributed by atoms with van der Waals surface area (Å²) in [7, 11) is -0.360. The third kappa shape index (κ3) is 4.74. The molecule has 2 aromatic rings. The van der Waals surface area contributed by atoms with Gasteiger partial charge in [0.25, 0.3) is 5.91 Å². The number of halogens is 1. The van der Waals surface area contributed by atoms with Crippen LogP contribution in [0, 0.1) is 6.92 Å². The first-order valence-corrected chi connectivity index (χ1v) is 11.2. The fraction of sp³-hybridized carbons (Fsp3) is 0.350. The Labute approximate surface area is 174 Å². The van der Waals surface area contributed by atoms with Crippen LogP contribution in [-0.4, -0.2) is 39.4 Å². The lowest BCUT2D eigenvalue weighted by molar-refractivity contribution is 0.0783. The minimum Gasteiger partial charge on any atom is -0.496 e. The summed E-state index contributed by atoms with van der Waals surface area (Å²) in [5.74, 6) is 0.424. The van der Waals surface area contributed by atoms with Gasteiger partial charge in [0.2, 0.25) is 10.0 Å². The minimum atomic E-state index is -3.63. The fourth-order valence-electron chi connectivity index (χ4n) is 2.89. The van der Waals surface area contributed by atoms with Gasteiger partial charge in [0.15, 0.2) is 0 Å². The van der Waals surface area contributed by atoms with Gasteiger partial charge in [-0.15, -0.1) is 0 Å². The van der Waals surface area contributed by atoms with Gasteiger partial charge in [-0.2, -0.15) is 0 Å². The number of carbonyl (C=O) groups is 1. The lowest BCUT2D eigenvalue weighted by atomic mass is 10.1. The van der Waals surface area contributed by atoms with Crippen molar-refractivity contribution in [3.05, 3.63) is 57.6 Å². The number of aryl methyl sites for hydroxylation is 1. The quantitative estimate of drug-likeness (QED) is 0.677. The standard InChI is InChI=1S/C20H23BrN2O4S/c1-13-4-9-19(27-3)14(10-13)12-23(2)20(24)17-11-16(7-8-18(17)21)28(25,26)22-15-5-6-15/h4,7-11,15,22H,5-6,12H2,1-3H3. The van der Waals surface area contributed by atoms with E-state index in [2.05, 4.69) is 20.7 Å². The number of carbonyl (C=O) groups excluding carboxylic acids is 1. The molecule has 0 heterocycles. The van der Waals surface area contributed by atoms with E-state index in [-0.39, 0.29) is 16.8 Å². The van der Waals surface area contributed by atoms with Crippen molar-refractivity contribution in [3.8, 4) is 5.75 Å². The summed E-state index contributed by atoms with van der Waals surface area (Å²) < 4.78 is 33.5. The first-order valence-electron chi connectivity index (χ1n) is 8.92. The van der Waals surface area contributed by atoms with E-state index in [9.17, 15) is 13.2 Å². The topological polar surface area (TPSA) is 75.7 Å². The largest absolute Gasteiger partial charge is 0.496 e. The number of methoxy groups -OCH3 is 1. The van der Waals surface area contributed by atoms with Crippen LogP contribution in [0.4, 0.5) is 0 Å². The van der Waals surface area contributed by atoms with Gasteiger partial charge in [-0.1, -0.05) is 17.7 Å². The Morgan fingerprint density at radius 1 is 1.25 bits per heavy atom. The van der Waals surface area contributed by atoms with Crippen molar-refractivity contribution in [1.29, 1.82) is 0 Å². The second-order valence-corrected chi connectivity index (χ2v) is 9.58. The predicted octanol–water partition coefficient (Wildman–Crippen LogP) is 3.48. The maximum absolute atomic E-state index is 13.0. The van der Waals surface area contributed by atoms with Crippen LogP contribution in [0.2, 0.25) is 0 Å². The van der Waals surface area contributed by atoms with Gasteiger partial charge in [0.05, 0.1) is 17.6 Å². The molecule has 150 valence electrons. The normalized spacial score (nSPS) is 14.0. The molecule has 0 atom stereocenters. The third-order valence-electron chi connectivity index (χ3n) is 4.57. The molecule has 8 heteroatoms. The van der Waals surface area contributed by atoms with Crippen molar-refractivity contribution < 1.29 is 17.9 Å². The van der Waals surface area contributed by atoms with E-state index in [1.54, 1.807) is 25.1 Å². The molecule has 1 aliphatic rings. The summed E-state index contributed by atoms with van der Waals surface area (Å²) in [4.78, 5) is 14.6. The number of benzene rings is 2. The second-order valence-electron chi connectivity index (χ2n) is 7.01. The Hall–Kier alpha value is -1.90. The summed E-state index contributed by atoms with van der Waals surface area (Å²) in [5.41, 5.74) is 2.25. The van der Waals surface area contributed by atoms with Gasteiger partial charge in [0.1, 0.15) is 5.75 Å². The molecule has 0 aliphatic heterocycles. The fourth-order valence-corrected chi connectivity index (χ4v) is 4.63. The molecule has 0 unspecified atom stereocenters. The van der Waals surface area contributed by atoms with Gasteiger partial charge < -0.3 is 9.64 Å². The SMILES string of the molecule is COc1ccc(C)cc1CN(C)C(=O)c1cc(S(=O)(=O)NC2CC2)ccc1Br. The van der Waals surface area contributed by atoms with E-state index >= 15 is 0 Å². The van der Waals surface area contributed by atoms with Gasteiger partial charge in [-0.05, 0) is 60.0 Å². The molecule has 1 fully saturated rings. The van der Waals surface area contributed by atoms with E-state index in [0.29, 0.717) is 22.3 Å². The maximum atomic E-state index is 13.0. The second kappa shape index (κ2) is 8.23. The molecule has 2 aromatic carbocycles. The zero-order valence-electron chi connectivity index (χ0n) is 16.0. The number of rotatable bonds is 7. The van der Waals surface area contributed by atoms with E-state index in [1.165, 1.54) is 12.1 Å². The highest BCUT2D eigenvalue weighted by Gasteiger charge is 2.29. The maximum Gasteiger partial charge on any atom is 0.255 e. The molecule has 1 N–H and O–H groups in total. The molecule has 1 aliphatic carbocycles. The molecule has 0 bridgehead atoms. The molecule has 1 amide bonds. The smallest absolute Gasteiger partial charge is 0.255 e. The van der Waals surface area contributed by atoms with Crippen molar-refractivity contribution in [2.75, 3.05) is 14.2 Å². The summed E-state index contributed by atoms with van der Waals surface area (Å²) in [6.45, 7) is 2.32. The third-order valence-corrected chi connectivity index (χ3v) is 6.78. The molecular formula is C20H23BrN2O4S. The molecule has 1 saturated carbocycles. The van der Waals surface area contributed by atoms with Crippen LogP contribution in [0.1, 0.15) is 34.3 Å². The lowest BCUT2D eigenvalue weighted by Gasteiger charge is -2.20. The molecule has 0 aromatic heterocycles. The zero-order valence-corrected chi connectivity index (χ0v) is 18.4. The zero-order chi connectivity index (χ0) is 20.5. The summed E-state index contributed by atoms with van der Waals surface area (Å²) in [6.07, 6.45) is 1.70. The Morgan fingerprint density at radius 3 is 2.61 bits per heavy atom. The van der Waals surface area contributed by atoms with Gasteiger partial charge in [-0.3, -0.25) is 4.79 Å². The Kier molecular flexibility index (Phi) is 6.12. The van der Waals surface area contributed by atoms with Crippen LogP contribution in [0.15, 0.2) is 45.8 Å². The summed E-state index contributed by atoms with van der Waals surface area (Å²) >= 11 is 3.37. The molecule has 28 heavy (non-hydrogen) atoms. The highest BCUT2D eigenvalue weighted by molar-refractivity contribution is 9.10. The lowest BCUT2D eigenvalue weighted by Crippen LogP contribution is -2.28. The Balaban J connectivity index is 1.85. The van der Waals surface area contributed by atoms with E-state index in [0.717, 1.165) is 24.0 Å². The van der Waals surface area contributed by atoms with Crippen molar-refractivity contribution in [2.45, 2.75) is 37.2 Å². The van der Waals surface area contributed by atoms with Crippen molar-refractivity contribution in [1.82, 2.24) is 9.62 Å². The molecule has 3 rings (SSSR count). The average molecular weight is 467 g/mol. The van der Waals surface area contributed by atoms with E-state index < -0.39 is 10.0 Å².